The van der Waals surface area contributed by atoms with Crippen LogP contribution < -0.4 is 10.9 Å². The van der Waals surface area contributed by atoms with E-state index in [1.54, 1.807) is 20.8 Å². The van der Waals surface area contributed by atoms with Gasteiger partial charge in [0.25, 0.3) is 0 Å². The van der Waals surface area contributed by atoms with E-state index in [9.17, 15) is 13.2 Å². The van der Waals surface area contributed by atoms with Gasteiger partial charge >= 0.3 is 0 Å². The molecule has 1 heterocycles. The Labute approximate surface area is 339 Å². The minimum atomic E-state index is -5.58. The number of benzene rings is 6. The molecule has 61 heavy (non-hydrogen) atoms. The smallest absolute Gasteiger partial charge is 0.200 e. The molecule has 1 unspecified atom stereocenters. The van der Waals surface area contributed by atoms with Crippen LogP contribution in [0.1, 0.15) is 43.0 Å². The normalized spacial score (nSPS) is 15.4. The van der Waals surface area contributed by atoms with Gasteiger partial charge in [-0.05, 0) is 35.2 Å². The van der Waals surface area contributed by atoms with Crippen LogP contribution in [0.4, 0.5) is 65.9 Å². The molecule has 0 fully saturated rings. The molecule has 1 aliphatic heterocycles. The van der Waals surface area contributed by atoms with Gasteiger partial charge in [-0.25, -0.2) is 65.9 Å². The van der Waals surface area contributed by atoms with Crippen LogP contribution in [-0.4, -0.2) is 6.15 Å². The molecule has 0 aromatic heterocycles. The second-order valence-electron chi connectivity index (χ2n) is 14.9. The quantitative estimate of drug-likeness (QED) is 0.0514. The predicted octanol–water partition coefficient (Wildman–Crippen LogP) is 12.0. The first-order chi connectivity index (χ1) is 28.7. The highest BCUT2D eigenvalue weighted by Gasteiger charge is 2.54. The SMILES string of the molecule is CC(C)(C)c1ccc(C2=C[B-](c3c(F)c(F)c(F)c(F)c3F)(c3c(F)c(F)c(F)c(F)c3F)C(c3c(F)c(F)c(F)c(F)c3F)=C(c3ccccc3)[S+]2c2ccccc2)cc1. The molecule has 6 aromatic carbocycles. The van der Waals surface area contributed by atoms with Crippen LogP contribution in [0.5, 0.6) is 0 Å². The summed E-state index contributed by atoms with van der Waals surface area (Å²) in [6.07, 6.45) is -5.58. The van der Waals surface area contributed by atoms with Gasteiger partial charge in [-0.1, -0.05) is 81.4 Å². The van der Waals surface area contributed by atoms with E-state index < -0.39 is 141 Å². The molecule has 0 radical (unpaired) electrons. The number of halogens is 15. The molecular weight excluding hydrogens is 856 g/mol. The van der Waals surface area contributed by atoms with Crippen molar-refractivity contribution < 1.29 is 65.9 Å². The highest BCUT2D eigenvalue weighted by atomic mass is 32.2. The first kappa shape index (κ1) is 43.3. The molecule has 0 saturated carbocycles. The van der Waals surface area contributed by atoms with E-state index in [1.165, 1.54) is 72.8 Å². The van der Waals surface area contributed by atoms with Gasteiger partial charge in [0.15, 0.2) is 63.1 Å². The highest BCUT2D eigenvalue weighted by Crippen LogP contribution is 2.53. The largest absolute Gasteiger partial charge is 0.207 e. The van der Waals surface area contributed by atoms with Gasteiger partial charge in [0.05, 0.1) is 10.9 Å². The van der Waals surface area contributed by atoms with E-state index >= 15 is 52.7 Å². The van der Waals surface area contributed by atoms with Gasteiger partial charge in [0, 0.05) is 16.7 Å². The second-order valence-corrected chi connectivity index (χ2v) is 16.9. The zero-order valence-electron chi connectivity index (χ0n) is 31.3. The third-order valence-corrected chi connectivity index (χ3v) is 12.9. The second kappa shape index (κ2) is 15.6. The standard InChI is InChI=1S/C44H24BF15S/c1-44(2,3)21-16-14-19(15-17-21)23-18-45(26-30(48)36(54)41(59)37(55)31(26)49,27-32(50)38(56)42(60)39(57)33(27)51)25(24-28(46)34(52)40(58)35(53)29(24)47)43(20-10-6-4-7-11-20)61(23)22-12-8-5-9-13-22/h4-18H,1-3H3. The van der Waals surface area contributed by atoms with E-state index in [0.717, 1.165) is 12.1 Å². The van der Waals surface area contributed by atoms with Crippen molar-refractivity contribution in [2.75, 3.05) is 0 Å². The van der Waals surface area contributed by atoms with E-state index in [2.05, 4.69) is 0 Å². The summed E-state index contributed by atoms with van der Waals surface area (Å²) in [4.78, 5) is -1.22. The summed E-state index contributed by atoms with van der Waals surface area (Å²) in [6.45, 7) is 5.39. The summed E-state index contributed by atoms with van der Waals surface area (Å²) >= 11 is 0. The Morgan fingerprint density at radius 3 is 1.15 bits per heavy atom. The molecule has 6 aromatic rings. The Morgan fingerprint density at radius 1 is 0.393 bits per heavy atom. The molecule has 0 N–H and O–H groups in total. The zero-order chi connectivity index (χ0) is 44.6. The minimum Gasteiger partial charge on any atom is -0.207 e. The third-order valence-electron chi connectivity index (χ3n) is 10.5. The molecule has 1 aliphatic rings. The number of rotatable bonds is 6. The Kier molecular flexibility index (Phi) is 11.0. The van der Waals surface area contributed by atoms with Crippen molar-refractivity contribution in [1.82, 2.24) is 0 Å². The topological polar surface area (TPSA) is 0 Å². The molecule has 314 valence electrons. The van der Waals surface area contributed by atoms with E-state index in [4.69, 9.17) is 0 Å². The summed E-state index contributed by atoms with van der Waals surface area (Å²) in [5, 5.41) is 0. The van der Waals surface area contributed by atoms with E-state index in [1.807, 2.05) is 0 Å². The van der Waals surface area contributed by atoms with Crippen LogP contribution in [0.25, 0.3) is 15.3 Å². The molecule has 0 bridgehead atoms. The molecular formula is C44H24BF15S. The van der Waals surface area contributed by atoms with Crippen molar-refractivity contribution in [3.63, 3.8) is 0 Å². The van der Waals surface area contributed by atoms with Crippen molar-refractivity contribution in [3.8, 4) is 0 Å². The maximum atomic E-state index is 16.8. The van der Waals surface area contributed by atoms with Crippen molar-refractivity contribution in [3.05, 3.63) is 200 Å². The molecule has 0 aliphatic carbocycles. The van der Waals surface area contributed by atoms with Gasteiger partial charge in [-0.15, -0.1) is 16.4 Å². The van der Waals surface area contributed by atoms with Crippen molar-refractivity contribution in [1.29, 1.82) is 0 Å². The van der Waals surface area contributed by atoms with Crippen LogP contribution in [0.2, 0.25) is 0 Å². The molecule has 17 heteroatoms. The average molecular weight is 881 g/mol. The Bertz CT molecular complexity index is 2680. The Morgan fingerprint density at radius 2 is 0.754 bits per heavy atom. The summed E-state index contributed by atoms with van der Waals surface area (Å²) in [7, 11) is -2.16. The molecule has 7 rings (SSSR count). The Hall–Kier alpha value is -5.84. The third kappa shape index (κ3) is 6.62. The lowest BCUT2D eigenvalue weighted by Crippen LogP contribution is -2.65. The lowest BCUT2D eigenvalue weighted by molar-refractivity contribution is 0.376. The first-order valence-corrected chi connectivity index (χ1v) is 19.1. The van der Waals surface area contributed by atoms with Crippen molar-refractivity contribution in [2.24, 2.45) is 0 Å². The fourth-order valence-electron chi connectivity index (χ4n) is 7.64. The number of hydrogen-bond acceptors (Lipinski definition) is 0. The highest BCUT2D eigenvalue weighted by molar-refractivity contribution is 8.14. The molecule has 0 saturated heterocycles. The van der Waals surface area contributed by atoms with Gasteiger partial charge in [0.1, 0.15) is 39.2 Å². The van der Waals surface area contributed by atoms with Crippen LogP contribution in [0.15, 0.2) is 95.8 Å². The summed E-state index contributed by atoms with van der Waals surface area (Å²) in [5.74, 6) is -43.0. The van der Waals surface area contributed by atoms with Crippen LogP contribution in [0, 0.1) is 87.3 Å². The van der Waals surface area contributed by atoms with Gasteiger partial charge < -0.3 is 0 Å². The predicted molar refractivity (Wildman–Crippen MR) is 202 cm³/mol. The molecule has 0 spiro atoms. The van der Waals surface area contributed by atoms with Crippen LogP contribution >= 0.6 is 0 Å². The molecule has 0 amide bonds. The fourth-order valence-corrected chi connectivity index (χ4v) is 10.4. The summed E-state index contributed by atoms with van der Waals surface area (Å²) < 4.78 is 238. The van der Waals surface area contributed by atoms with Gasteiger partial charge in [-0.3, -0.25) is 0 Å². The van der Waals surface area contributed by atoms with Crippen molar-refractivity contribution >= 4 is 43.2 Å². The average Bonchev–Trinajstić information content (AvgIpc) is 3.25. The van der Waals surface area contributed by atoms with Gasteiger partial charge in [-0.2, -0.15) is 5.98 Å². The maximum absolute atomic E-state index is 16.8. The molecule has 0 nitrogen and oxygen atoms in total. The monoisotopic (exact) mass is 880 g/mol. The van der Waals surface area contributed by atoms with Crippen molar-refractivity contribution in [2.45, 2.75) is 31.1 Å². The maximum Gasteiger partial charge on any atom is 0.200 e. The summed E-state index contributed by atoms with van der Waals surface area (Å²) in [5.41, 5.74) is -9.34. The number of hydrogen-bond donors (Lipinski definition) is 0. The lowest BCUT2D eigenvalue weighted by Gasteiger charge is -2.46. The van der Waals surface area contributed by atoms with Crippen LogP contribution in [0.3, 0.4) is 0 Å². The lowest BCUT2D eigenvalue weighted by atomic mass is 9.14. The molecule has 1 atom stereocenters. The summed E-state index contributed by atoms with van der Waals surface area (Å²) in [6, 6.07) is 18.7. The first-order valence-electron chi connectivity index (χ1n) is 17.8. The fraction of sp³-hybridized carbons (Fsp3) is 0.0909. The van der Waals surface area contributed by atoms with E-state index in [0.29, 0.717) is 11.5 Å². The minimum absolute atomic E-state index is 0.0492. The Balaban J connectivity index is 1.92. The zero-order valence-corrected chi connectivity index (χ0v) is 32.1. The van der Waals surface area contributed by atoms with Gasteiger partial charge in [0.2, 0.25) is 5.82 Å². The van der Waals surface area contributed by atoms with E-state index in [-0.39, 0.29) is 16.0 Å². The van der Waals surface area contributed by atoms with Crippen LogP contribution in [-0.2, 0) is 16.3 Å².